The van der Waals surface area contributed by atoms with Gasteiger partial charge in [0.05, 0.1) is 30.1 Å². The van der Waals surface area contributed by atoms with Gasteiger partial charge in [0.25, 0.3) is 15.9 Å². The van der Waals surface area contributed by atoms with Gasteiger partial charge >= 0.3 is 0 Å². The van der Waals surface area contributed by atoms with Gasteiger partial charge < -0.3 is 19.2 Å². The summed E-state index contributed by atoms with van der Waals surface area (Å²) in [4.78, 5) is 17.3. The van der Waals surface area contributed by atoms with Crippen LogP contribution >= 0.6 is 46.3 Å². The van der Waals surface area contributed by atoms with Gasteiger partial charge in [-0.1, -0.05) is 41.0 Å². The fourth-order valence-electron chi connectivity index (χ4n) is 3.16. The molecule has 2 heterocycles. The Morgan fingerprint density at radius 1 is 1.09 bits per heavy atom. The molecule has 0 unspecified atom stereocenters. The standard InChI is InChI=1S/C22H18Cl2N2O6S3/c1-30-15-7-6-12(8-17(15)31-2)33-18-10-25-14-4-3-5-16(21(14)18)32-11-19(27)26-35(28,29)20-9-13(23)22(24)34-20/h3-10,25H,11H2,1-2H3,(H,26,27). The minimum atomic E-state index is -4.12. The van der Waals surface area contributed by atoms with E-state index in [9.17, 15) is 13.2 Å². The van der Waals surface area contributed by atoms with Gasteiger partial charge in [-0.05, 0) is 36.4 Å². The Morgan fingerprint density at radius 2 is 1.86 bits per heavy atom. The molecule has 13 heteroatoms. The average Bonchev–Trinajstić information content (AvgIpc) is 3.40. The molecule has 0 saturated carbocycles. The minimum absolute atomic E-state index is 0.0967. The number of thiophene rings is 1. The Morgan fingerprint density at radius 3 is 2.54 bits per heavy atom. The summed E-state index contributed by atoms with van der Waals surface area (Å²) >= 11 is 13.9. The molecule has 0 spiro atoms. The van der Waals surface area contributed by atoms with E-state index in [1.54, 1.807) is 26.4 Å². The van der Waals surface area contributed by atoms with E-state index in [-0.39, 0.29) is 13.6 Å². The zero-order chi connectivity index (χ0) is 25.2. The Labute approximate surface area is 219 Å². The molecule has 0 atom stereocenters. The van der Waals surface area contributed by atoms with E-state index < -0.39 is 22.5 Å². The van der Waals surface area contributed by atoms with E-state index in [1.807, 2.05) is 35.2 Å². The maximum atomic E-state index is 12.4. The second-order valence-corrected chi connectivity index (χ2v) is 12.0. The van der Waals surface area contributed by atoms with Gasteiger partial charge in [0, 0.05) is 16.0 Å². The SMILES string of the molecule is COc1ccc(Sc2c[nH]c3cccc(OCC(=O)NS(=O)(=O)c4cc(Cl)c(Cl)s4)c23)cc1OC. The highest BCUT2D eigenvalue weighted by Crippen LogP contribution is 2.41. The lowest BCUT2D eigenvalue weighted by molar-refractivity contribution is -0.121. The van der Waals surface area contributed by atoms with Crippen LogP contribution in [0.5, 0.6) is 17.2 Å². The lowest BCUT2D eigenvalue weighted by atomic mass is 10.2. The number of amides is 1. The molecule has 0 aliphatic rings. The number of hydrogen-bond donors (Lipinski definition) is 2. The van der Waals surface area contributed by atoms with Crippen molar-refractivity contribution in [3.05, 3.63) is 58.0 Å². The molecule has 4 rings (SSSR count). The lowest BCUT2D eigenvalue weighted by Gasteiger charge is -2.11. The summed E-state index contributed by atoms with van der Waals surface area (Å²) in [6.07, 6.45) is 1.83. The molecule has 0 saturated heterocycles. The van der Waals surface area contributed by atoms with Crippen LogP contribution in [0.3, 0.4) is 0 Å². The van der Waals surface area contributed by atoms with Crippen LogP contribution in [0.15, 0.2) is 62.7 Å². The van der Waals surface area contributed by atoms with Crippen molar-refractivity contribution in [2.45, 2.75) is 14.0 Å². The van der Waals surface area contributed by atoms with E-state index in [1.165, 1.54) is 17.8 Å². The summed E-state index contributed by atoms with van der Waals surface area (Å²) in [7, 11) is -0.985. The smallest absolute Gasteiger partial charge is 0.273 e. The number of nitrogens with one attached hydrogen (secondary N) is 2. The van der Waals surface area contributed by atoms with Crippen molar-refractivity contribution in [3.63, 3.8) is 0 Å². The van der Waals surface area contributed by atoms with Gasteiger partial charge in [0.15, 0.2) is 18.1 Å². The van der Waals surface area contributed by atoms with Crippen molar-refractivity contribution in [2.24, 2.45) is 0 Å². The van der Waals surface area contributed by atoms with Gasteiger partial charge in [0.2, 0.25) is 0 Å². The number of aromatic amines is 1. The van der Waals surface area contributed by atoms with Gasteiger partial charge in [-0.25, -0.2) is 13.1 Å². The van der Waals surface area contributed by atoms with Crippen molar-refractivity contribution >= 4 is 73.1 Å². The molecule has 0 aliphatic heterocycles. The normalized spacial score (nSPS) is 11.4. The average molecular weight is 574 g/mol. The summed E-state index contributed by atoms with van der Waals surface area (Å²) in [6.45, 7) is -0.517. The first kappa shape index (κ1) is 25.5. The van der Waals surface area contributed by atoms with Crippen molar-refractivity contribution in [1.82, 2.24) is 9.71 Å². The van der Waals surface area contributed by atoms with Crippen molar-refractivity contribution in [3.8, 4) is 17.2 Å². The zero-order valence-electron chi connectivity index (χ0n) is 18.3. The fourth-order valence-corrected chi connectivity index (χ4v) is 7.00. The van der Waals surface area contributed by atoms with Crippen LogP contribution in [0.25, 0.3) is 10.9 Å². The molecular weight excluding hydrogens is 555 g/mol. The van der Waals surface area contributed by atoms with Crippen molar-refractivity contribution in [1.29, 1.82) is 0 Å². The van der Waals surface area contributed by atoms with E-state index in [0.717, 1.165) is 32.0 Å². The maximum Gasteiger partial charge on any atom is 0.273 e. The van der Waals surface area contributed by atoms with Crippen LogP contribution in [0.4, 0.5) is 0 Å². The van der Waals surface area contributed by atoms with Crippen molar-refractivity contribution in [2.75, 3.05) is 20.8 Å². The van der Waals surface area contributed by atoms with Gasteiger partial charge in [-0.15, -0.1) is 11.3 Å². The van der Waals surface area contributed by atoms with Gasteiger partial charge in [-0.2, -0.15) is 0 Å². The summed E-state index contributed by atoms with van der Waals surface area (Å²) < 4.78 is 43.1. The van der Waals surface area contributed by atoms with Crippen LogP contribution in [0, 0.1) is 0 Å². The number of methoxy groups -OCH3 is 2. The molecule has 2 aromatic carbocycles. The molecule has 8 nitrogen and oxygen atoms in total. The third-order valence-electron chi connectivity index (χ3n) is 4.71. The van der Waals surface area contributed by atoms with Crippen LogP contribution in [0.1, 0.15) is 0 Å². The second kappa shape index (κ2) is 10.6. The fraction of sp³-hybridized carbons (Fsp3) is 0.136. The molecule has 35 heavy (non-hydrogen) atoms. The van der Waals surface area contributed by atoms with Gasteiger partial charge in [0.1, 0.15) is 14.3 Å². The summed E-state index contributed by atoms with van der Waals surface area (Å²) in [5.41, 5.74) is 0.793. The molecule has 1 amide bonds. The zero-order valence-corrected chi connectivity index (χ0v) is 22.2. The highest BCUT2D eigenvalue weighted by Gasteiger charge is 2.22. The summed E-state index contributed by atoms with van der Waals surface area (Å²) in [5.74, 6) is 0.793. The van der Waals surface area contributed by atoms with Crippen LogP contribution in [-0.4, -0.2) is 40.1 Å². The quantitative estimate of drug-likeness (QED) is 0.269. The lowest BCUT2D eigenvalue weighted by Crippen LogP contribution is -2.34. The number of rotatable bonds is 9. The van der Waals surface area contributed by atoms with E-state index in [0.29, 0.717) is 17.2 Å². The topological polar surface area (TPSA) is 107 Å². The molecule has 184 valence electrons. The summed E-state index contributed by atoms with van der Waals surface area (Å²) in [6, 6.07) is 12.1. The Bertz CT molecular complexity index is 1480. The Balaban J connectivity index is 1.51. The summed E-state index contributed by atoms with van der Waals surface area (Å²) in [5, 5.41) is 0.846. The first-order chi connectivity index (χ1) is 16.7. The third kappa shape index (κ3) is 5.65. The third-order valence-corrected chi connectivity index (χ3v) is 9.45. The molecule has 0 bridgehead atoms. The number of fused-ring (bicyclic) bond motifs is 1. The molecule has 0 radical (unpaired) electrons. The number of hydrogen-bond acceptors (Lipinski definition) is 8. The predicted molar refractivity (Wildman–Crippen MR) is 137 cm³/mol. The molecule has 0 aliphatic carbocycles. The number of sulfonamides is 1. The first-order valence-corrected chi connectivity index (χ1v) is 13.7. The second-order valence-electron chi connectivity index (χ2n) is 6.95. The number of ether oxygens (including phenoxy) is 3. The van der Waals surface area contributed by atoms with Crippen LogP contribution < -0.4 is 18.9 Å². The maximum absolute atomic E-state index is 12.4. The van der Waals surface area contributed by atoms with Crippen LogP contribution in [-0.2, 0) is 14.8 Å². The molecule has 2 N–H and O–H groups in total. The molecule has 0 fully saturated rings. The highest BCUT2D eigenvalue weighted by molar-refractivity contribution is 7.99. The molecule has 2 aromatic heterocycles. The number of carbonyl (C=O) groups is 1. The Kier molecular flexibility index (Phi) is 7.72. The first-order valence-electron chi connectivity index (χ1n) is 9.85. The monoisotopic (exact) mass is 572 g/mol. The van der Waals surface area contributed by atoms with E-state index in [2.05, 4.69) is 4.98 Å². The minimum Gasteiger partial charge on any atom is -0.493 e. The number of halogens is 2. The molecule has 4 aromatic rings. The van der Waals surface area contributed by atoms with Crippen molar-refractivity contribution < 1.29 is 27.4 Å². The number of benzene rings is 2. The molecular formula is C22H18Cl2N2O6S3. The highest BCUT2D eigenvalue weighted by atomic mass is 35.5. The van der Waals surface area contributed by atoms with E-state index in [4.69, 9.17) is 37.4 Å². The predicted octanol–water partition coefficient (Wildman–Crippen LogP) is 5.59. The Hall–Kier alpha value is -2.57. The van der Waals surface area contributed by atoms with Gasteiger partial charge in [-0.3, -0.25) is 4.79 Å². The van der Waals surface area contributed by atoms with E-state index >= 15 is 0 Å². The number of H-pyrrole nitrogens is 1. The largest absolute Gasteiger partial charge is 0.493 e. The van der Waals surface area contributed by atoms with Crippen LogP contribution in [0.2, 0.25) is 9.36 Å². The number of carbonyl (C=O) groups excluding carboxylic acids is 1. The number of aromatic nitrogens is 1.